The maximum Gasteiger partial charge on any atom is 0.251 e. The van der Waals surface area contributed by atoms with Gasteiger partial charge in [0.1, 0.15) is 11.9 Å². The quantitative estimate of drug-likeness (QED) is 0.661. The van der Waals surface area contributed by atoms with Crippen LogP contribution in [0, 0.1) is 5.92 Å². The van der Waals surface area contributed by atoms with E-state index in [0.717, 1.165) is 57.4 Å². The number of amides is 2. The topological polar surface area (TPSA) is 58.6 Å². The zero-order chi connectivity index (χ0) is 22.2. The highest BCUT2D eigenvalue weighted by atomic mass is 16.5. The Morgan fingerprint density at radius 2 is 1.69 bits per heavy atom. The molecule has 2 aromatic rings. The van der Waals surface area contributed by atoms with E-state index in [9.17, 15) is 9.59 Å². The largest absolute Gasteiger partial charge is 0.490 e. The summed E-state index contributed by atoms with van der Waals surface area (Å²) in [4.78, 5) is 27.1. The van der Waals surface area contributed by atoms with Gasteiger partial charge in [0.15, 0.2) is 0 Å². The average molecular weight is 433 g/mol. The van der Waals surface area contributed by atoms with Crippen LogP contribution in [0.4, 0.5) is 0 Å². The number of allylic oxidation sites excluding steroid dienone is 2. The Morgan fingerprint density at radius 1 is 0.938 bits per heavy atom. The molecule has 0 spiro atoms. The van der Waals surface area contributed by atoms with Gasteiger partial charge in [-0.05, 0) is 55.5 Å². The molecule has 4 rings (SSSR count). The Bertz CT molecular complexity index is 916. The highest BCUT2D eigenvalue weighted by Gasteiger charge is 2.28. The van der Waals surface area contributed by atoms with Gasteiger partial charge < -0.3 is 15.0 Å². The Kier molecular flexibility index (Phi) is 7.59. The number of likely N-dealkylation sites (tertiary alicyclic amines) is 1. The van der Waals surface area contributed by atoms with Crippen molar-refractivity contribution in [2.45, 2.75) is 44.6 Å². The molecule has 5 heteroatoms. The number of nitrogens with one attached hydrogen (secondary N) is 1. The number of carbonyl (C=O) groups is 2. The lowest BCUT2D eigenvalue weighted by Gasteiger charge is -2.34. The molecule has 2 aromatic carbocycles. The van der Waals surface area contributed by atoms with Gasteiger partial charge in [-0.1, -0.05) is 42.5 Å². The van der Waals surface area contributed by atoms with Crippen LogP contribution in [0.25, 0.3) is 0 Å². The Labute approximate surface area is 190 Å². The molecule has 0 radical (unpaired) electrons. The molecule has 1 N–H and O–H groups in total. The summed E-state index contributed by atoms with van der Waals surface area (Å²) in [6, 6.07) is 17.5. The summed E-state index contributed by atoms with van der Waals surface area (Å²) in [6.07, 6.45) is 9.77. The molecule has 1 atom stereocenters. The minimum atomic E-state index is -0.0724. The van der Waals surface area contributed by atoms with E-state index < -0.39 is 0 Å². The molecule has 2 aliphatic rings. The van der Waals surface area contributed by atoms with Crippen LogP contribution in [-0.2, 0) is 11.2 Å². The maximum absolute atomic E-state index is 12.7. The molecule has 0 saturated carbocycles. The lowest BCUT2D eigenvalue weighted by Crippen LogP contribution is -2.44. The smallest absolute Gasteiger partial charge is 0.251 e. The third-order valence-corrected chi connectivity index (χ3v) is 6.33. The standard InChI is InChI=1S/C27H32N2O3/c30-26(28-18-15-21-7-3-1-4-8-21)22-11-13-24(14-12-22)32-25-16-19-29(20-17-25)27(31)23-9-5-2-6-10-23/h1-5,7-8,11-14,23,25H,6,9-10,15-20H2,(H,28,30)/t23-/m1/s1. The molecule has 168 valence electrons. The third kappa shape index (κ3) is 6.00. The Balaban J connectivity index is 1.20. The lowest BCUT2D eigenvalue weighted by atomic mass is 9.92. The lowest BCUT2D eigenvalue weighted by molar-refractivity contribution is -0.137. The van der Waals surface area contributed by atoms with E-state index in [-0.39, 0.29) is 17.9 Å². The second-order valence-corrected chi connectivity index (χ2v) is 8.64. The highest BCUT2D eigenvalue weighted by Crippen LogP contribution is 2.24. The predicted molar refractivity (Wildman–Crippen MR) is 126 cm³/mol. The van der Waals surface area contributed by atoms with Crippen molar-refractivity contribution in [2.24, 2.45) is 5.92 Å². The first-order chi connectivity index (χ1) is 15.7. The molecule has 1 aliphatic heterocycles. The first-order valence-electron chi connectivity index (χ1n) is 11.7. The zero-order valence-corrected chi connectivity index (χ0v) is 18.5. The van der Waals surface area contributed by atoms with E-state index >= 15 is 0 Å². The molecule has 1 heterocycles. The molecular weight excluding hydrogens is 400 g/mol. The fraction of sp³-hybridized carbons (Fsp3) is 0.407. The minimum Gasteiger partial charge on any atom is -0.490 e. The fourth-order valence-corrected chi connectivity index (χ4v) is 4.41. The molecule has 1 aliphatic carbocycles. The molecule has 1 fully saturated rings. The number of ether oxygens (including phenoxy) is 1. The van der Waals surface area contributed by atoms with Gasteiger partial charge in [0.25, 0.3) is 5.91 Å². The number of piperidine rings is 1. The van der Waals surface area contributed by atoms with Crippen LogP contribution in [-0.4, -0.2) is 42.5 Å². The van der Waals surface area contributed by atoms with Crippen molar-refractivity contribution in [3.63, 3.8) is 0 Å². The summed E-state index contributed by atoms with van der Waals surface area (Å²) in [5.74, 6) is 1.16. The molecule has 5 nitrogen and oxygen atoms in total. The van der Waals surface area contributed by atoms with E-state index in [1.165, 1.54) is 5.56 Å². The number of nitrogens with zero attached hydrogens (tertiary/aromatic N) is 1. The molecule has 0 unspecified atom stereocenters. The summed E-state index contributed by atoms with van der Waals surface area (Å²) in [7, 11) is 0. The summed E-state index contributed by atoms with van der Waals surface area (Å²) < 4.78 is 6.12. The van der Waals surface area contributed by atoms with Crippen LogP contribution in [0.2, 0.25) is 0 Å². The van der Waals surface area contributed by atoms with Crippen molar-refractivity contribution in [1.82, 2.24) is 10.2 Å². The van der Waals surface area contributed by atoms with Crippen LogP contribution in [0.3, 0.4) is 0 Å². The van der Waals surface area contributed by atoms with Gasteiger partial charge in [0.05, 0.1) is 0 Å². The second kappa shape index (κ2) is 11.0. The predicted octanol–water partition coefficient (Wildman–Crippen LogP) is 4.39. The molecule has 1 saturated heterocycles. The molecule has 0 aromatic heterocycles. The number of hydrogen-bond acceptors (Lipinski definition) is 3. The van der Waals surface area contributed by atoms with E-state index in [2.05, 4.69) is 29.6 Å². The molecule has 0 bridgehead atoms. The van der Waals surface area contributed by atoms with Crippen molar-refractivity contribution < 1.29 is 14.3 Å². The number of carbonyl (C=O) groups excluding carboxylic acids is 2. The van der Waals surface area contributed by atoms with Crippen LogP contribution in [0.5, 0.6) is 5.75 Å². The van der Waals surface area contributed by atoms with Gasteiger partial charge in [-0.25, -0.2) is 0 Å². The number of benzene rings is 2. The van der Waals surface area contributed by atoms with Crippen molar-refractivity contribution in [3.05, 3.63) is 77.9 Å². The summed E-state index contributed by atoms with van der Waals surface area (Å²) in [5.41, 5.74) is 1.84. The van der Waals surface area contributed by atoms with E-state index in [1.807, 2.05) is 47.4 Å². The zero-order valence-electron chi connectivity index (χ0n) is 18.5. The van der Waals surface area contributed by atoms with E-state index in [0.29, 0.717) is 18.0 Å². The first-order valence-corrected chi connectivity index (χ1v) is 11.7. The highest BCUT2D eigenvalue weighted by molar-refractivity contribution is 5.94. The SMILES string of the molecule is O=C(NCCc1ccccc1)c1ccc(OC2CCN(C(=O)[C@@H]3CC=CCC3)CC2)cc1. The Hall–Kier alpha value is -3.08. The summed E-state index contributed by atoms with van der Waals surface area (Å²) in [6.45, 7) is 2.12. The minimum absolute atomic E-state index is 0.0724. The van der Waals surface area contributed by atoms with Gasteiger partial charge in [-0.3, -0.25) is 9.59 Å². The first kappa shape index (κ1) is 22.1. The van der Waals surface area contributed by atoms with Crippen molar-refractivity contribution in [1.29, 1.82) is 0 Å². The average Bonchev–Trinajstić information content (AvgIpc) is 2.86. The van der Waals surface area contributed by atoms with Gasteiger partial charge >= 0.3 is 0 Å². The van der Waals surface area contributed by atoms with Crippen LogP contribution in [0.15, 0.2) is 66.7 Å². The van der Waals surface area contributed by atoms with Gasteiger partial charge in [-0.15, -0.1) is 0 Å². The van der Waals surface area contributed by atoms with Gasteiger partial charge in [-0.2, -0.15) is 0 Å². The van der Waals surface area contributed by atoms with Gasteiger partial charge in [0, 0.05) is 44.0 Å². The van der Waals surface area contributed by atoms with Crippen molar-refractivity contribution in [3.8, 4) is 5.75 Å². The third-order valence-electron chi connectivity index (χ3n) is 6.33. The van der Waals surface area contributed by atoms with Gasteiger partial charge in [0.2, 0.25) is 5.91 Å². The summed E-state index contributed by atoms with van der Waals surface area (Å²) >= 11 is 0. The van der Waals surface area contributed by atoms with E-state index in [1.54, 1.807) is 0 Å². The van der Waals surface area contributed by atoms with Crippen LogP contribution in [0.1, 0.15) is 48.0 Å². The number of hydrogen-bond donors (Lipinski definition) is 1. The Morgan fingerprint density at radius 3 is 2.38 bits per heavy atom. The molecular formula is C27H32N2O3. The second-order valence-electron chi connectivity index (χ2n) is 8.64. The monoisotopic (exact) mass is 432 g/mol. The fourth-order valence-electron chi connectivity index (χ4n) is 4.41. The van der Waals surface area contributed by atoms with Crippen LogP contribution >= 0.6 is 0 Å². The normalized spacial score (nSPS) is 18.9. The summed E-state index contributed by atoms with van der Waals surface area (Å²) in [5, 5.41) is 2.97. The maximum atomic E-state index is 12.7. The molecule has 2 amide bonds. The number of rotatable bonds is 7. The van der Waals surface area contributed by atoms with Crippen molar-refractivity contribution in [2.75, 3.05) is 19.6 Å². The van der Waals surface area contributed by atoms with E-state index in [4.69, 9.17) is 4.74 Å². The van der Waals surface area contributed by atoms with Crippen LogP contribution < -0.4 is 10.1 Å². The molecule has 32 heavy (non-hydrogen) atoms. The van der Waals surface area contributed by atoms with Crippen molar-refractivity contribution >= 4 is 11.8 Å².